The number of benzene rings is 2. The third-order valence-corrected chi connectivity index (χ3v) is 3.31. The Hall–Kier alpha value is -2.49. The van der Waals surface area contributed by atoms with E-state index in [0.717, 1.165) is 12.2 Å². The molecule has 1 heterocycles. The van der Waals surface area contributed by atoms with Gasteiger partial charge in [-0.15, -0.1) is 0 Å². The van der Waals surface area contributed by atoms with Gasteiger partial charge in [0.05, 0.1) is 6.54 Å². The Morgan fingerprint density at radius 2 is 2.10 bits per heavy atom. The van der Waals surface area contributed by atoms with Gasteiger partial charge in [0.15, 0.2) is 0 Å². The van der Waals surface area contributed by atoms with Crippen LogP contribution in [0.1, 0.15) is 15.9 Å². The van der Waals surface area contributed by atoms with Crippen LogP contribution in [-0.4, -0.2) is 23.7 Å². The highest BCUT2D eigenvalue weighted by atomic mass is 16.5. The van der Waals surface area contributed by atoms with E-state index >= 15 is 0 Å². The average molecular weight is 269 g/mol. The molecule has 0 saturated heterocycles. The summed E-state index contributed by atoms with van der Waals surface area (Å²) in [4.78, 5) is 11.9. The summed E-state index contributed by atoms with van der Waals surface area (Å²) in [7, 11) is 0. The molecule has 4 nitrogen and oxygen atoms in total. The predicted molar refractivity (Wildman–Crippen MR) is 75.0 cm³/mol. The van der Waals surface area contributed by atoms with Crippen molar-refractivity contribution < 1.29 is 14.6 Å². The topological polar surface area (TPSA) is 58.6 Å². The monoisotopic (exact) mass is 269 g/mol. The fourth-order valence-corrected chi connectivity index (χ4v) is 2.32. The molecule has 2 N–H and O–H groups in total. The molecule has 3 rings (SSSR count). The number of fused-ring (bicyclic) bond motifs is 1. The molecule has 0 radical (unpaired) electrons. The fourth-order valence-electron chi connectivity index (χ4n) is 2.32. The molecule has 1 aliphatic heterocycles. The molecule has 2 aromatic carbocycles. The minimum atomic E-state index is -0.208. The molecule has 20 heavy (non-hydrogen) atoms. The van der Waals surface area contributed by atoms with Gasteiger partial charge in [0.25, 0.3) is 5.91 Å². The zero-order valence-corrected chi connectivity index (χ0v) is 10.9. The van der Waals surface area contributed by atoms with Gasteiger partial charge in [0.2, 0.25) is 0 Å². The molecule has 1 amide bonds. The molecule has 1 aliphatic rings. The van der Waals surface area contributed by atoms with Crippen LogP contribution in [-0.2, 0) is 6.42 Å². The molecular formula is C16H15NO3. The van der Waals surface area contributed by atoms with Gasteiger partial charge in [-0.1, -0.05) is 24.3 Å². The molecule has 1 atom stereocenters. The van der Waals surface area contributed by atoms with E-state index in [-0.39, 0.29) is 17.8 Å². The number of phenolic OH excluding ortho intramolecular Hbond substituents is 1. The number of amides is 1. The molecule has 1 unspecified atom stereocenters. The van der Waals surface area contributed by atoms with Gasteiger partial charge in [0.1, 0.15) is 17.6 Å². The molecule has 2 aromatic rings. The molecule has 0 saturated carbocycles. The van der Waals surface area contributed by atoms with Crippen LogP contribution in [0.5, 0.6) is 11.5 Å². The third kappa shape index (κ3) is 2.59. The highest BCUT2D eigenvalue weighted by Gasteiger charge is 2.22. The number of ether oxygens (including phenoxy) is 1. The zero-order chi connectivity index (χ0) is 13.9. The first-order chi connectivity index (χ1) is 9.72. The number of aromatic hydroxyl groups is 1. The van der Waals surface area contributed by atoms with Crippen LogP contribution in [0.3, 0.4) is 0 Å². The summed E-state index contributed by atoms with van der Waals surface area (Å²) in [5, 5.41) is 12.2. The number of nitrogens with one attached hydrogen (secondary N) is 1. The summed E-state index contributed by atoms with van der Waals surface area (Å²) < 4.78 is 5.75. The first-order valence-corrected chi connectivity index (χ1v) is 6.54. The Morgan fingerprint density at radius 3 is 2.90 bits per heavy atom. The summed E-state index contributed by atoms with van der Waals surface area (Å²) in [6.07, 6.45) is 0.768. The van der Waals surface area contributed by atoms with E-state index in [0.29, 0.717) is 12.1 Å². The Morgan fingerprint density at radius 1 is 1.25 bits per heavy atom. The fraction of sp³-hybridized carbons (Fsp3) is 0.188. The second kappa shape index (κ2) is 5.25. The number of carbonyl (C=O) groups excluding carboxylic acids is 1. The Balaban J connectivity index is 1.58. The maximum atomic E-state index is 11.9. The minimum Gasteiger partial charge on any atom is -0.508 e. The second-order valence-electron chi connectivity index (χ2n) is 4.81. The molecule has 4 heteroatoms. The number of rotatable bonds is 3. The van der Waals surface area contributed by atoms with Crippen molar-refractivity contribution in [2.24, 2.45) is 0 Å². The van der Waals surface area contributed by atoms with Crippen molar-refractivity contribution in [3.8, 4) is 11.5 Å². The predicted octanol–water partition coefficient (Wildman–Crippen LogP) is 2.13. The van der Waals surface area contributed by atoms with Crippen LogP contribution in [0.2, 0.25) is 0 Å². The highest BCUT2D eigenvalue weighted by molar-refractivity contribution is 5.94. The maximum absolute atomic E-state index is 11.9. The molecule has 0 bridgehead atoms. The van der Waals surface area contributed by atoms with Crippen LogP contribution in [0, 0.1) is 0 Å². The van der Waals surface area contributed by atoms with E-state index in [2.05, 4.69) is 5.32 Å². The van der Waals surface area contributed by atoms with E-state index < -0.39 is 0 Å². The molecule has 0 fully saturated rings. The van der Waals surface area contributed by atoms with E-state index in [9.17, 15) is 9.90 Å². The number of carbonyl (C=O) groups is 1. The summed E-state index contributed by atoms with van der Waals surface area (Å²) in [6.45, 7) is 0.448. The minimum absolute atomic E-state index is 0.0336. The first kappa shape index (κ1) is 12.5. The van der Waals surface area contributed by atoms with Crippen LogP contribution in [0.25, 0.3) is 0 Å². The van der Waals surface area contributed by atoms with Crippen LogP contribution >= 0.6 is 0 Å². The van der Waals surface area contributed by atoms with Crippen molar-refractivity contribution in [3.63, 3.8) is 0 Å². The van der Waals surface area contributed by atoms with Crippen LogP contribution < -0.4 is 10.1 Å². The van der Waals surface area contributed by atoms with Gasteiger partial charge in [-0.25, -0.2) is 0 Å². The molecule has 0 spiro atoms. The number of para-hydroxylation sites is 1. The molecule has 0 aliphatic carbocycles. The van der Waals surface area contributed by atoms with Crippen LogP contribution in [0.15, 0.2) is 48.5 Å². The summed E-state index contributed by atoms with van der Waals surface area (Å²) in [5.74, 6) is 0.770. The van der Waals surface area contributed by atoms with Gasteiger partial charge >= 0.3 is 0 Å². The molecule has 102 valence electrons. The summed E-state index contributed by atoms with van der Waals surface area (Å²) in [5.41, 5.74) is 1.62. The highest BCUT2D eigenvalue weighted by Crippen LogP contribution is 2.27. The van der Waals surface area contributed by atoms with Gasteiger partial charge in [-0.05, 0) is 29.8 Å². The summed E-state index contributed by atoms with van der Waals surface area (Å²) in [6, 6.07) is 14.2. The van der Waals surface area contributed by atoms with Crippen LogP contribution in [0.4, 0.5) is 0 Å². The lowest BCUT2D eigenvalue weighted by molar-refractivity contribution is 0.0933. The first-order valence-electron chi connectivity index (χ1n) is 6.54. The largest absolute Gasteiger partial charge is 0.508 e. The smallest absolute Gasteiger partial charge is 0.251 e. The zero-order valence-electron chi connectivity index (χ0n) is 10.9. The third-order valence-electron chi connectivity index (χ3n) is 3.31. The number of hydrogen-bond donors (Lipinski definition) is 2. The Labute approximate surface area is 117 Å². The van der Waals surface area contributed by atoms with E-state index in [1.807, 2.05) is 24.3 Å². The Kier molecular flexibility index (Phi) is 3.29. The quantitative estimate of drug-likeness (QED) is 0.897. The molecular weight excluding hydrogens is 254 g/mol. The standard InChI is InChI=1S/C16H15NO3/c18-13-6-3-5-12(8-13)16(19)17-10-14-9-11-4-1-2-7-15(11)20-14/h1-8,14,18H,9-10H2,(H,17,19). The Bertz CT molecular complexity index is 614. The lowest BCUT2D eigenvalue weighted by Crippen LogP contribution is -2.34. The van der Waals surface area contributed by atoms with Crippen molar-refractivity contribution >= 4 is 5.91 Å². The lowest BCUT2D eigenvalue weighted by atomic mass is 10.1. The van der Waals surface area contributed by atoms with Crippen molar-refractivity contribution in [1.82, 2.24) is 5.32 Å². The summed E-state index contributed by atoms with van der Waals surface area (Å²) >= 11 is 0. The maximum Gasteiger partial charge on any atom is 0.251 e. The van der Waals surface area contributed by atoms with Crippen molar-refractivity contribution in [3.05, 3.63) is 59.7 Å². The second-order valence-corrected chi connectivity index (χ2v) is 4.81. The average Bonchev–Trinajstić information content (AvgIpc) is 2.87. The molecule has 0 aromatic heterocycles. The van der Waals surface area contributed by atoms with Crippen molar-refractivity contribution in [2.45, 2.75) is 12.5 Å². The number of phenols is 1. The van der Waals surface area contributed by atoms with E-state index in [4.69, 9.17) is 4.74 Å². The normalized spacial score (nSPS) is 16.3. The van der Waals surface area contributed by atoms with Gasteiger partial charge in [-0.3, -0.25) is 4.79 Å². The van der Waals surface area contributed by atoms with E-state index in [1.54, 1.807) is 12.1 Å². The van der Waals surface area contributed by atoms with Crippen molar-refractivity contribution in [2.75, 3.05) is 6.54 Å². The van der Waals surface area contributed by atoms with E-state index in [1.165, 1.54) is 17.7 Å². The van der Waals surface area contributed by atoms with Gasteiger partial charge in [0, 0.05) is 12.0 Å². The number of hydrogen-bond acceptors (Lipinski definition) is 3. The van der Waals surface area contributed by atoms with Gasteiger partial charge in [-0.2, -0.15) is 0 Å². The lowest BCUT2D eigenvalue weighted by Gasteiger charge is -2.12. The van der Waals surface area contributed by atoms with Gasteiger partial charge < -0.3 is 15.2 Å². The van der Waals surface area contributed by atoms with Crippen molar-refractivity contribution in [1.29, 1.82) is 0 Å². The SMILES string of the molecule is O=C(NCC1Cc2ccccc2O1)c1cccc(O)c1.